The van der Waals surface area contributed by atoms with E-state index in [-0.39, 0.29) is 6.15 Å². The van der Waals surface area contributed by atoms with E-state index in [4.69, 9.17) is 0 Å². The average Bonchev–Trinajstić information content (AvgIpc) is 2.22. The summed E-state index contributed by atoms with van der Waals surface area (Å²) in [6.45, 7) is 12.0. The first-order valence-corrected chi connectivity index (χ1v) is 5.89. The molecule has 0 rings (SSSR count). The number of hydrogen-bond donors (Lipinski definition) is 4. The Hall–Kier alpha value is -0.160. The van der Waals surface area contributed by atoms with Crippen LogP contribution in [0.25, 0.3) is 0 Å². The Morgan fingerprint density at radius 1 is 0.733 bits per heavy atom. The lowest BCUT2D eigenvalue weighted by Gasteiger charge is -1.99. The van der Waals surface area contributed by atoms with Crippen LogP contribution in [0.1, 0.15) is 33.6 Å². The molecule has 0 aromatic heterocycles. The molecule has 0 saturated heterocycles. The highest BCUT2D eigenvalue weighted by molar-refractivity contribution is 4.45. The molecule has 0 aliphatic carbocycles. The smallest absolute Gasteiger partial charge is 0.00766 e. The molecular weight excluding hydrogens is 188 g/mol. The fourth-order valence-corrected chi connectivity index (χ4v) is 0.869. The number of rotatable bonds is 8. The van der Waals surface area contributed by atoms with Crippen LogP contribution in [0.2, 0.25) is 0 Å². The lowest BCUT2D eigenvalue weighted by atomic mass is 10.5. The molecule has 0 aromatic rings. The molecular formula is C11H32N4. The minimum atomic E-state index is 0. The Morgan fingerprint density at radius 3 is 1.60 bits per heavy atom. The van der Waals surface area contributed by atoms with E-state index in [1.807, 2.05) is 7.05 Å². The number of nitrogens with one attached hydrogen (secondary N) is 3. The molecule has 96 valence electrons. The van der Waals surface area contributed by atoms with E-state index in [9.17, 15) is 0 Å². The van der Waals surface area contributed by atoms with Gasteiger partial charge in [0, 0.05) is 13.1 Å². The SMILES string of the molecule is CCCNCC.CCCNCCNC.N. The van der Waals surface area contributed by atoms with Gasteiger partial charge in [-0.3, -0.25) is 0 Å². The van der Waals surface area contributed by atoms with Gasteiger partial charge in [-0.1, -0.05) is 20.8 Å². The second kappa shape index (κ2) is 23.6. The van der Waals surface area contributed by atoms with Crippen molar-refractivity contribution in [1.82, 2.24) is 22.1 Å². The van der Waals surface area contributed by atoms with Gasteiger partial charge in [-0.15, -0.1) is 0 Å². The molecule has 0 unspecified atom stereocenters. The van der Waals surface area contributed by atoms with Gasteiger partial charge >= 0.3 is 0 Å². The lowest BCUT2D eigenvalue weighted by Crippen LogP contribution is -2.25. The van der Waals surface area contributed by atoms with E-state index in [1.54, 1.807) is 0 Å². The van der Waals surface area contributed by atoms with Crippen molar-refractivity contribution in [3.05, 3.63) is 0 Å². The Labute approximate surface area is 96.2 Å². The molecule has 0 atom stereocenters. The Kier molecular flexibility index (Phi) is 31.9. The zero-order valence-corrected chi connectivity index (χ0v) is 11.2. The number of hydrogen-bond acceptors (Lipinski definition) is 4. The third kappa shape index (κ3) is 31.6. The van der Waals surface area contributed by atoms with Gasteiger partial charge in [-0.2, -0.15) is 0 Å². The molecule has 0 aromatic carbocycles. The maximum atomic E-state index is 3.27. The highest BCUT2D eigenvalue weighted by Crippen LogP contribution is 1.66. The van der Waals surface area contributed by atoms with E-state index in [0.717, 1.165) is 32.7 Å². The summed E-state index contributed by atoms with van der Waals surface area (Å²) in [5, 5.41) is 9.54. The topological polar surface area (TPSA) is 71.1 Å². The summed E-state index contributed by atoms with van der Waals surface area (Å²) in [5.41, 5.74) is 0. The van der Waals surface area contributed by atoms with Gasteiger partial charge in [0.15, 0.2) is 0 Å². The van der Waals surface area contributed by atoms with Crippen LogP contribution < -0.4 is 22.1 Å². The second-order valence-corrected chi connectivity index (χ2v) is 3.21. The Balaban J connectivity index is -0.000000187. The zero-order chi connectivity index (χ0) is 11.1. The first kappa shape index (κ1) is 20.3. The van der Waals surface area contributed by atoms with Crippen LogP contribution in [0, 0.1) is 0 Å². The molecule has 6 N–H and O–H groups in total. The molecule has 0 radical (unpaired) electrons. The summed E-state index contributed by atoms with van der Waals surface area (Å²) in [7, 11) is 1.97. The van der Waals surface area contributed by atoms with Gasteiger partial charge in [0.2, 0.25) is 0 Å². The molecule has 0 saturated carbocycles. The van der Waals surface area contributed by atoms with Gasteiger partial charge in [0.1, 0.15) is 0 Å². The lowest BCUT2D eigenvalue weighted by molar-refractivity contribution is 0.641. The monoisotopic (exact) mass is 220 g/mol. The highest BCUT2D eigenvalue weighted by Gasteiger charge is 1.79. The van der Waals surface area contributed by atoms with Gasteiger partial charge in [-0.25, -0.2) is 0 Å². The van der Waals surface area contributed by atoms with Crippen molar-refractivity contribution < 1.29 is 0 Å². The van der Waals surface area contributed by atoms with E-state index >= 15 is 0 Å². The van der Waals surface area contributed by atoms with Gasteiger partial charge in [-0.05, 0) is 39.5 Å². The largest absolute Gasteiger partial charge is 0.344 e. The van der Waals surface area contributed by atoms with E-state index in [1.165, 1.54) is 12.8 Å². The summed E-state index contributed by atoms with van der Waals surface area (Å²) >= 11 is 0. The minimum absolute atomic E-state index is 0. The van der Waals surface area contributed by atoms with Crippen LogP contribution in [0.3, 0.4) is 0 Å². The fraction of sp³-hybridized carbons (Fsp3) is 1.00. The van der Waals surface area contributed by atoms with Crippen molar-refractivity contribution >= 4 is 0 Å². The van der Waals surface area contributed by atoms with Crippen LogP contribution >= 0.6 is 0 Å². The van der Waals surface area contributed by atoms with E-state index in [2.05, 4.69) is 36.7 Å². The van der Waals surface area contributed by atoms with Gasteiger partial charge in [0.05, 0.1) is 0 Å². The molecule has 0 aliphatic rings. The Bertz CT molecular complexity index is 69.0. The van der Waals surface area contributed by atoms with Crippen molar-refractivity contribution in [3.63, 3.8) is 0 Å². The summed E-state index contributed by atoms with van der Waals surface area (Å²) in [4.78, 5) is 0. The molecule has 4 nitrogen and oxygen atoms in total. The average molecular weight is 220 g/mol. The predicted molar refractivity (Wildman–Crippen MR) is 70.9 cm³/mol. The molecule has 15 heavy (non-hydrogen) atoms. The standard InChI is InChI=1S/C6H16N2.C5H13N.H3N/c1-3-4-8-6-5-7-2;1-3-5-6-4-2;/h7-8H,3-6H2,1-2H3;6H,3-5H2,1-2H3;1H3. The van der Waals surface area contributed by atoms with Crippen LogP contribution in [-0.2, 0) is 0 Å². The summed E-state index contributed by atoms with van der Waals surface area (Å²) in [6, 6.07) is 0. The molecule has 0 fully saturated rings. The van der Waals surface area contributed by atoms with Crippen LogP contribution in [-0.4, -0.2) is 39.8 Å². The van der Waals surface area contributed by atoms with Crippen molar-refractivity contribution in [3.8, 4) is 0 Å². The van der Waals surface area contributed by atoms with Crippen LogP contribution in [0.5, 0.6) is 0 Å². The minimum Gasteiger partial charge on any atom is -0.344 e. The van der Waals surface area contributed by atoms with Crippen LogP contribution in [0.15, 0.2) is 0 Å². The zero-order valence-electron chi connectivity index (χ0n) is 11.2. The van der Waals surface area contributed by atoms with E-state index in [0.29, 0.717) is 0 Å². The van der Waals surface area contributed by atoms with Gasteiger partial charge in [0.25, 0.3) is 0 Å². The second-order valence-electron chi connectivity index (χ2n) is 3.21. The number of likely N-dealkylation sites (N-methyl/N-ethyl adjacent to an activating group) is 1. The maximum absolute atomic E-state index is 3.27. The highest BCUT2D eigenvalue weighted by atomic mass is 14.9. The molecule has 4 heteroatoms. The third-order valence-electron chi connectivity index (χ3n) is 1.66. The fourth-order valence-electron chi connectivity index (χ4n) is 0.869. The third-order valence-corrected chi connectivity index (χ3v) is 1.66. The van der Waals surface area contributed by atoms with Crippen molar-refractivity contribution in [1.29, 1.82) is 0 Å². The first-order valence-electron chi connectivity index (χ1n) is 5.89. The Morgan fingerprint density at radius 2 is 1.27 bits per heavy atom. The van der Waals surface area contributed by atoms with Crippen LogP contribution in [0.4, 0.5) is 0 Å². The molecule has 0 spiro atoms. The van der Waals surface area contributed by atoms with Crippen molar-refractivity contribution in [2.75, 3.05) is 39.8 Å². The molecule has 0 amide bonds. The van der Waals surface area contributed by atoms with E-state index < -0.39 is 0 Å². The maximum Gasteiger partial charge on any atom is 0.00766 e. The first-order chi connectivity index (χ1) is 6.83. The predicted octanol–water partition coefficient (Wildman–Crippen LogP) is 1.37. The quantitative estimate of drug-likeness (QED) is 0.466. The van der Waals surface area contributed by atoms with Crippen molar-refractivity contribution in [2.45, 2.75) is 33.6 Å². The summed E-state index contributed by atoms with van der Waals surface area (Å²) in [6.07, 6.45) is 2.47. The summed E-state index contributed by atoms with van der Waals surface area (Å²) < 4.78 is 0. The molecule has 0 bridgehead atoms. The van der Waals surface area contributed by atoms with Gasteiger partial charge < -0.3 is 22.1 Å². The normalized spacial score (nSPS) is 8.80. The van der Waals surface area contributed by atoms with Crippen molar-refractivity contribution in [2.24, 2.45) is 0 Å². The molecule has 0 aliphatic heterocycles. The molecule has 0 heterocycles. The summed E-state index contributed by atoms with van der Waals surface area (Å²) in [5.74, 6) is 0.